The number of aromatic nitrogens is 3. The molecular weight excluding hydrogens is 382 g/mol. The zero-order valence-electron chi connectivity index (χ0n) is 16.6. The van der Waals surface area contributed by atoms with Crippen molar-refractivity contribution in [3.8, 4) is 11.4 Å². The van der Waals surface area contributed by atoms with E-state index in [9.17, 15) is 14.7 Å². The molecule has 5 N–H and O–H groups in total. The number of nitrogens with zero attached hydrogens (tertiary/aromatic N) is 3. The lowest BCUT2D eigenvalue weighted by Gasteiger charge is -2.15. The molecule has 8 nitrogen and oxygen atoms in total. The van der Waals surface area contributed by atoms with Gasteiger partial charge < -0.3 is 16.6 Å². The molecule has 152 valence electrons. The minimum Gasteiger partial charge on any atom is -0.508 e. The summed E-state index contributed by atoms with van der Waals surface area (Å²) in [6.45, 7) is 3.82. The van der Waals surface area contributed by atoms with E-state index in [1.54, 1.807) is 23.6 Å². The van der Waals surface area contributed by atoms with Gasteiger partial charge in [-0.1, -0.05) is 36.4 Å². The minimum absolute atomic E-state index is 0.0361. The van der Waals surface area contributed by atoms with Gasteiger partial charge in [-0.05, 0) is 31.0 Å². The lowest BCUT2D eigenvalue weighted by molar-refractivity contribution is 0.100. The summed E-state index contributed by atoms with van der Waals surface area (Å²) in [4.78, 5) is 25.1. The summed E-state index contributed by atoms with van der Waals surface area (Å²) in [5.74, 6) is -0.606. The molecule has 0 atom stereocenters. The van der Waals surface area contributed by atoms with Crippen molar-refractivity contribution < 1.29 is 9.90 Å². The number of carbonyl (C=O) groups is 1. The molecule has 2 heterocycles. The molecule has 1 amide bonds. The van der Waals surface area contributed by atoms with Crippen LogP contribution in [0.3, 0.4) is 0 Å². The van der Waals surface area contributed by atoms with Gasteiger partial charge in [0.1, 0.15) is 22.6 Å². The lowest BCUT2D eigenvalue weighted by atomic mass is 10.1. The summed E-state index contributed by atoms with van der Waals surface area (Å²) in [7, 11) is 0. The summed E-state index contributed by atoms with van der Waals surface area (Å²) in [6.07, 6.45) is 0. The number of phenolic OH excluding ortho intramolecular Hbond substituents is 1. The van der Waals surface area contributed by atoms with E-state index in [2.05, 4.69) is 5.10 Å². The number of phenols is 1. The molecule has 2 aromatic heterocycles. The molecule has 0 saturated heterocycles. The third-order valence-electron chi connectivity index (χ3n) is 5.20. The maximum Gasteiger partial charge on any atom is 0.269 e. The first-order chi connectivity index (χ1) is 14.3. The van der Waals surface area contributed by atoms with Gasteiger partial charge in [-0.15, -0.1) is 0 Å². The van der Waals surface area contributed by atoms with Crippen LogP contribution < -0.4 is 17.0 Å². The summed E-state index contributed by atoms with van der Waals surface area (Å²) < 4.78 is 2.83. The summed E-state index contributed by atoms with van der Waals surface area (Å²) in [5.41, 5.74) is 15.0. The highest BCUT2D eigenvalue weighted by Crippen LogP contribution is 2.34. The van der Waals surface area contributed by atoms with E-state index in [4.69, 9.17) is 11.5 Å². The number of hydrogen-bond donors (Lipinski definition) is 3. The standard InChI is InChI=1S/C22H21N5O3/c1-12-8-9-16(28)13(2)20(12)27-15-10-17(29)26(11-14-6-4-3-5-7-14)25-19(15)18(21(27)23)22(24)30/h3-10,28H,11,23H2,1-2H3,(H2,24,30). The molecule has 30 heavy (non-hydrogen) atoms. The van der Waals surface area contributed by atoms with Crippen molar-refractivity contribution in [1.82, 2.24) is 14.3 Å². The molecule has 0 bridgehead atoms. The van der Waals surface area contributed by atoms with Crippen LogP contribution in [0.25, 0.3) is 16.7 Å². The second-order valence-corrected chi connectivity index (χ2v) is 7.19. The van der Waals surface area contributed by atoms with Gasteiger partial charge in [-0.25, -0.2) is 4.68 Å². The average molecular weight is 403 g/mol. The Balaban J connectivity index is 2.04. The highest BCUT2D eigenvalue weighted by atomic mass is 16.3. The Kier molecular flexibility index (Phi) is 4.54. The van der Waals surface area contributed by atoms with Gasteiger partial charge >= 0.3 is 0 Å². The van der Waals surface area contributed by atoms with Crippen LogP contribution in [-0.2, 0) is 6.54 Å². The molecule has 0 unspecified atom stereocenters. The number of rotatable bonds is 4. The molecule has 2 aromatic carbocycles. The largest absolute Gasteiger partial charge is 0.508 e. The SMILES string of the molecule is Cc1ccc(O)c(C)c1-n1c(N)c(C(N)=O)c2nn(Cc3ccccc3)c(=O)cc21. The molecule has 4 aromatic rings. The molecule has 0 saturated carbocycles. The van der Waals surface area contributed by atoms with Crippen molar-refractivity contribution in [3.05, 3.63) is 81.1 Å². The Labute approximate surface area is 172 Å². The van der Waals surface area contributed by atoms with Crippen LogP contribution in [0, 0.1) is 13.8 Å². The van der Waals surface area contributed by atoms with Crippen LogP contribution in [0.2, 0.25) is 0 Å². The van der Waals surface area contributed by atoms with Gasteiger partial charge in [0.05, 0.1) is 17.7 Å². The third kappa shape index (κ3) is 2.98. The van der Waals surface area contributed by atoms with E-state index in [0.717, 1.165) is 11.1 Å². The topological polar surface area (TPSA) is 129 Å². The number of primary amides is 1. The molecule has 8 heteroatoms. The van der Waals surface area contributed by atoms with Crippen LogP contribution in [0.5, 0.6) is 5.75 Å². The van der Waals surface area contributed by atoms with Crippen molar-refractivity contribution in [2.75, 3.05) is 5.73 Å². The van der Waals surface area contributed by atoms with Crippen molar-refractivity contribution >= 4 is 22.8 Å². The predicted octanol–water partition coefficient (Wildman–Crippen LogP) is 2.24. The zero-order chi connectivity index (χ0) is 21.6. The first kappa shape index (κ1) is 19.3. The second-order valence-electron chi connectivity index (χ2n) is 7.19. The second kappa shape index (κ2) is 7.07. The van der Waals surface area contributed by atoms with Crippen LogP contribution >= 0.6 is 0 Å². The lowest BCUT2D eigenvalue weighted by Crippen LogP contribution is -2.23. The van der Waals surface area contributed by atoms with E-state index in [1.165, 1.54) is 10.7 Å². The summed E-state index contributed by atoms with van der Waals surface area (Å²) >= 11 is 0. The van der Waals surface area contributed by atoms with Crippen LogP contribution in [0.4, 0.5) is 5.82 Å². The number of aryl methyl sites for hydroxylation is 1. The number of aromatic hydroxyl groups is 1. The number of amides is 1. The summed E-state index contributed by atoms with van der Waals surface area (Å²) in [6, 6.07) is 14.1. The maximum absolute atomic E-state index is 12.8. The predicted molar refractivity (Wildman–Crippen MR) is 115 cm³/mol. The van der Waals surface area contributed by atoms with Crippen LogP contribution in [0.1, 0.15) is 27.0 Å². The smallest absolute Gasteiger partial charge is 0.269 e. The number of anilines is 1. The van der Waals surface area contributed by atoms with Crippen molar-refractivity contribution in [3.63, 3.8) is 0 Å². The van der Waals surface area contributed by atoms with Crippen LogP contribution in [-0.4, -0.2) is 25.4 Å². The monoisotopic (exact) mass is 403 g/mol. The minimum atomic E-state index is -0.746. The molecule has 0 aliphatic heterocycles. The number of nitrogens with two attached hydrogens (primary N) is 2. The molecular formula is C22H21N5O3. The first-order valence-corrected chi connectivity index (χ1v) is 9.35. The van der Waals surface area contributed by atoms with Gasteiger partial charge in [-0.3, -0.25) is 14.2 Å². The molecule has 4 rings (SSSR count). The Bertz CT molecular complexity index is 1350. The maximum atomic E-state index is 12.8. The molecule has 0 fully saturated rings. The molecule has 0 radical (unpaired) electrons. The number of carbonyl (C=O) groups excluding carboxylic acids is 1. The highest BCUT2D eigenvalue weighted by Gasteiger charge is 2.25. The molecule has 0 aliphatic rings. The third-order valence-corrected chi connectivity index (χ3v) is 5.20. The van der Waals surface area contributed by atoms with Gasteiger partial charge in [0, 0.05) is 11.6 Å². The van der Waals surface area contributed by atoms with E-state index in [1.807, 2.05) is 37.3 Å². The fourth-order valence-corrected chi connectivity index (χ4v) is 3.71. The molecule has 0 aliphatic carbocycles. The number of hydrogen-bond acceptors (Lipinski definition) is 5. The van der Waals surface area contributed by atoms with E-state index in [-0.39, 0.29) is 34.8 Å². The van der Waals surface area contributed by atoms with E-state index < -0.39 is 5.91 Å². The number of nitrogen functional groups attached to an aromatic ring is 1. The number of benzene rings is 2. The Hall–Kier alpha value is -4.07. The Morgan fingerprint density at radius 2 is 1.83 bits per heavy atom. The fourth-order valence-electron chi connectivity index (χ4n) is 3.71. The fraction of sp³-hybridized carbons (Fsp3) is 0.136. The quantitative estimate of drug-likeness (QED) is 0.481. The van der Waals surface area contributed by atoms with Gasteiger partial charge in [0.15, 0.2) is 0 Å². The zero-order valence-corrected chi connectivity index (χ0v) is 16.6. The van der Waals surface area contributed by atoms with Gasteiger partial charge in [0.2, 0.25) is 0 Å². The van der Waals surface area contributed by atoms with Crippen LogP contribution in [0.15, 0.2) is 53.3 Å². The number of fused-ring (bicyclic) bond motifs is 1. The first-order valence-electron chi connectivity index (χ1n) is 9.35. The molecule has 0 spiro atoms. The van der Waals surface area contributed by atoms with Crippen molar-refractivity contribution in [1.29, 1.82) is 0 Å². The average Bonchev–Trinajstić information content (AvgIpc) is 2.98. The normalized spacial score (nSPS) is 11.1. The van der Waals surface area contributed by atoms with Gasteiger partial charge in [-0.2, -0.15) is 5.10 Å². The van der Waals surface area contributed by atoms with Crippen molar-refractivity contribution in [2.24, 2.45) is 5.73 Å². The van der Waals surface area contributed by atoms with Crippen molar-refractivity contribution in [2.45, 2.75) is 20.4 Å². The highest BCUT2D eigenvalue weighted by molar-refractivity contribution is 6.10. The Morgan fingerprint density at radius 3 is 2.50 bits per heavy atom. The summed E-state index contributed by atoms with van der Waals surface area (Å²) in [5, 5.41) is 14.6. The van der Waals surface area contributed by atoms with Gasteiger partial charge in [0.25, 0.3) is 11.5 Å². The Morgan fingerprint density at radius 1 is 1.13 bits per heavy atom. The van der Waals surface area contributed by atoms with E-state index in [0.29, 0.717) is 16.8 Å². The van der Waals surface area contributed by atoms with E-state index >= 15 is 0 Å².